The summed E-state index contributed by atoms with van der Waals surface area (Å²) in [4.78, 5) is 0. The molecule has 0 saturated heterocycles. The van der Waals surface area contributed by atoms with E-state index in [1.165, 1.54) is 12.0 Å². The molecule has 0 aliphatic heterocycles. The first-order valence-electron chi connectivity index (χ1n) is 8.27. The van der Waals surface area contributed by atoms with Gasteiger partial charge in [0.05, 0.1) is 17.6 Å². The van der Waals surface area contributed by atoms with Crippen LogP contribution in [0, 0.1) is 34.5 Å². The van der Waals surface area contributed by atoms with Gasteiger partial charge in [0.25, 0.3) is 0 Å². The first-order valence-corrected chi connectivity index (χ1v) is 8.27. The molecule has 0 spiro atoms. The van der Waals surface area contributed by atoms with Crippen molar-refractivity contribution in [2.24, 2.45) is 23.2 Å². The molecule has 0 aromatic heterocycles. The van der Waals surface area contributed by atoms with Gasteiger partial charge in [-0.2, -0.15) is 5.26 Å². The van der Waals surface area contributed by atoms with Crippen LogP contribution in [0.4, 0.5) is 0 Å². The molecule has 2 nitrogen and oxygen atoms in total. The molecule has 112 valence electrons. The van der Waals surface area contributed by atoms with Crippen molar-refractivity contribution in [3.05, 3.63) is 11.6 Å². The molecule has 2 aliphatic carbocycles. The van der Waals surface area contributed by atoms with Gasteiger partial charge in [0.15, 0.2) is 0 Å². The van der Waals surface area contributed by atoms with E-state index in [0.717, 1.165) is 38.5 Å². The van der Waals surface area contributed by atoms with Crippen molar-refractivity contribution in [2.75, 3.05) is 0 Å². The molecule has 2 heteroatoms. The Labute approximate surface area is 123 Å². The molecular weight excluding hydrogens is 246 g/mol. The predicted octanol–water partition coefficient (Wildman–Crippen LogP) is 4.45. The molecule has 1 saturated carbocycles. The van der Waals surface area contributed by atoms with Crippen LogP contribution >= 0.6 is 0 Å². The van der Waals surface area contributed by atoms with E-state index < -0.39 is 11.5 Å². The van der Waals surface area contributed by atoms with Crippen LogP contribution in [-0.2, 0) is 0 Å². The van der Waals surface area contributed by atoms with Crippen LogP contribution in [0.25, 0.3) is 0 Å². The number of aliphatic hydroxyl groups excluding tert-OH is 1. The van der Waals surface area contributed by atoms with Crippen molar-refractivity contribution in [1.82, 2.24) is 0 Å². The molecule has 2 rings (SSSR count). The first kappa shape index (κ1) is 15.6. The molecule has 1 N–H and O–H groups in total. The van der Waals surface area contributed by atoms with Crippen LogP contribution in [0.1, 0.15) is 65.7 Å². The van der Waals surface area contributed by atoms with E-state index in [1.54, 1.807) is 0 Å². The maximum Gasteiger partial charge on any atom is 0.0837 e. The third-order valence-electron chi connectivity index (χ3n) is 5.53. The maximum absolute atomic E-state index is 10.9. The Hall–Kier alpha value is -0.810. The van der Waals surface area contributed by atoms with Crippen LogP contribution in [0.15, 0.2) is 11.6 Å². The second-order valence-electron chi connectivity index (χ2n) is 7.27. The number of allylic oxidation sites excluding steroid dienone is 2. The fourth-order valence-corrected chi connectivity index (χ4v) is 4.50. The monoisotopic (exact) mass is 275 g/mol. The number of nitrogens with zero attached hydrogens (tertiary/aromatic N) is 1. The lowest BCUT2D eigenvalue weighted by molar-refractivity contribution is -0.0266. The van der Waals surface area contributed by atoms with Gasteiger partial charge in [-0.1, -0.05) is 44.8 Å². The average Bonchev–Trinajstić information content (AvgIpc) is 2.45. The van der Waals surface area contributed by atoms with E-state index >= 15 is 0 Å². The molecule has 0 aromatic carbocycles. The second-order valence-corrected chi connectivity index (χ2v) is 7.27. The lowest BCUT2D eigenvalue weighted by Crippen LogP contribution is -2.44. The van der Waals surface area contributed by atoms with E-state index in [9.17, 15) is 10.4 Å². The van der Waals surface area contributed by atoms with Gasteiger partial charge in [0.2, 0.25) is 0 Å². The Morgan fingerprint density at radius 1 is 1.55 bits per heavy atom. The van der Waals surface area contributed by atoms with Crippen LogP contribution in [0.3, 0.4) is 0 Å². The Bertz CT molecular complexity index is 408. The van der Waals surface area contributed by atoms with Crippen molar-refractivity contribution in [1.29, 1.82) is 5.26 Å². The fraction of sp³-hybridized carbons (Fsp3) is 0.833. The van der Waals surface area contributed by atoms with Gasteiger partial charge < -0.3 is 5.11 Å². The smallest absolute Gasteiger partial charge is 0.0837 e. The van der Waals surface area contributed by atoms with Gasteiger partial charge in [-0.05, 0) is 50.4 Å². The van der Waals surface area contributed by atoms with Gasteiger partial charge in [-0.15, -0.1) is 0 Å². The maximum atomic E-state index is 10.9. The molecule has 0 aromatic rings. The Morgan fingerprint density at radius 3 is 2.90 bits per heavy atom. The molecule has 0 radical (unpaired) electrons. The van der Waals surface area contributed by atoms with Crippen molar-refractivity contribution in [3.8, 4) is 6.07 Å². The van der Waals surface area contributed by atoms with E-state index in [-0.39, 0.29) is 5.92 Å². The van der Waals surface area contributed by atoms with E-state index in [0.29, 0.717) is 11.8 Å². The summed E-state index contributed by atoms with van der Waals surface area (Å²) in [6.45, 7) is 6.58. The van der Waals surface area contributed by atoms with Gasteiger partial charge in [-0.3, -0.25) is 0 Å². The van der Waals surface area contributed by atoms with Crippen molar-refractivity contribution in [3.63, 3.8) is 0 Å². The zero-order valence-electron chi connectivity index (χ0n) is 13.2. The summed E-state index contributed by atoms with van der Waals surface area (Å²) in [5, 5.41) is 20.7. The van der Waals surface area contributed by atoms with Crippen LogP contribution in [-0.4, -0.2) is 11.2 Å². The fourth-order valence-electron chi connectivity index (χ4n) is 4.50. The highest BCUT2D eigenvalue weighted by Crippen LogP contribution is 2.47. The third kappa shape index (κ3) is 3.09. The molecule has 1 fully saturated rings. The summed E-state index contributed by atoms with van der Waals surface area (Å²) in [6.07, 6.45) is 9.10. The topological polar surface area (TPSA) is 44.0 Å². The summed E-state index contributed by atoms with van der Waals surface area (Å²) in [5.41, 5.74) is 0.893. The normalized spacial score (nSPS) is 39.8. The average molecular weight is 275 g/mol. The molecule has 5 unspecified atom stereocenters. The number of hydrogen-bond donors (Lipinski definition) is 1. The molecule has 2 aliphatic rings. The predicted molar refractivity (Wildman–Crippen MR) is 81.9 cm³/mol. The summed E-state index contributed by atoms with van der Waals surface area (Å²) < 4.78 is 0. The quantitative estimate of drug-likeness (QED) is 0.773. The highest BCUT2D eigenvalue weighted by Gasteiger charge is 2.45. The molecule has 0 heterocycles. The Balaban J connectivity index is 2.15. The SMILES string of the molecule is CCC1CCCC(C#N)(C(O)C2CC(C)=CC(C)C2)C1. The number of nitriles is 1. The zero-order valence-corrected chi connectivity index (χ0v) is 13.2. The van der Waals surface area contributed by atoms with E-state index in [2.05, 4.69) is 32.9 Å². The van der Waals surface area contributed by atoms with Gasteiger partial charge in [-0.25, -0.2) is 0 Å². The summed E-state index contributed by atoms with van der Waals surface area (Å²) in [5.74, 6) is 1.42. The molecule has 5 atom stereocenters. The van der Waals surface area contributed by atoms with Gasteiger partial charge >= 0.3 is 0 Å². The summed E-state index contributed by atoms with van der Waals surface area (Å²) in [7, 11) is 0. The lowest BCUT2D eigenvalue weighted by atomic mass is 9.62. The molecule has 20 heavy (non-hydrogen) atoms. The Kier molecular flexibility index (Phi) is 4.91. The minimum Gasteiger partial charge on any atom is -0.391 e. The van der Waals surface area contributed by atoms with E-state index in [1.807, 2.05) is 0 Å². The highest BCUT2D eigenvalue weighted by atomic mass is 16.3. The van der Waals surface area contributed by atoms with Gasteiger partial charge in [0.1, 0.15) is 0 Å². The molecule has 0 bridgehead atoms. The van der Waals surface area contributed by atoms with Crippen molar-refractivity contribution >= 4 is 0 Å². The van der Waals surface area contributed by atoms with Crippen molar-refractivity contribution < 1.29 is 5.11 Å². The number of rotatable bonds is 3. The minimum absolute atomic E-state index is 0.269. The van der Waals surface area contributed by atoms with E-state index in [4.69, 9.17) is 0 Å². The minimum atomic E-state index is -0.485. The number of hydrogen-bond acceptors (Lipinski definition) is 2. The van der Waals surface area contributed by atoms with Gasteiger partial charge in [0, 0.05) is 0 Å². The van der Waals surface area contributed by atoms with Crippen molar-refractivity contribution in [2.45, 2.75) is 71.8 Å². The Morgan fingerprint density at radius 2 is 2.30 bits per heavy atom. The second kappa shape index (κ2) is 6.31. The van der Waals surface area contributed by atoms with Crippen LogP contribution in [0.5, 0.6) is 0 Å². The standard InChI is InChI=1S/C18H29NO/c1-4-15-6-5-7-18(11-15,12-19)17(20)16-9-13(2)8-14(3)10-16/h8,13,15-17,20H,4-7,9-11H2,1-3H3. The van der Waals surface area contributed by atoms with Crippen LogP contribution in [0.2, 0.25) is 0 Å². The largest absolute Gasteiger partial charge is 0.391 e. The highest BCUT2D eigenvalue weighted by molar-refractivity contribution is 5.13. The van der Waals surface area contributed by atoms with Crippen LogP contribution < -0.4 is 0 Å². The third-order valence-corrected chi connectivity index (χ3v) is 5.53. The number of aliphatic hydroxyl groups is 1. The summed E-state index contributed by atoms with van der Waals surface area (Å²) in [6, 6.07) is 2.54. The first-order chi connectivity index (χ1) is 9.50. The zero-order chi connectivity index (χ0) is 14.8. The lowest BCUT2D eigenvalue weighted by Gasteiger charge is -2.43. The molecular formula is C18H29NO. The summed E-state index contributed by atoms with van der Waals surface area (Å²) >= 11 is 0. The molecule has 0 amide bonds.